The molecule has 4 rings (SSSR count). The number of hydrogen-bond donors (Lipinski definition) is 2. The molecule has 28 heavy (non-hydrogen) atoms. The molecule has 0 spiro atoms. The molecule has 1 amide bonds. The molecular weight excluding hydrogens is 370 g/mol. The zero-order chi connectivity index (χ0) is 19.2. The average molecular weight is 387 g/mol. The van der Waals surface area contributed by atoms with Gasteiger partial charge in [-0.05, 0) is 42.0 Å². The van der Waals surface area contributed by atoms with Crippen molar-refractivity contribution in [1.29, 1.82) is 0 Å². The fourth-order valence-electron chi connectivity index (χ4n) is 2.58. The Bertz CT molecular complexity index is 1050. The first-order valence-corrected chi connectivity index (χ1v) is 9.49. The predicted octanol–water partition coefficient (Wildman–Crippen LogP) is 4.46. The van der Waals surface area contributed by atoms with Crippen LogP contribution in [-0.4, -0.2) is 20.2 Å². The van der Waals surface area contributed by atoms with Crippen molar-refractivity contribution in [1.82, 2.24) is 14.3 Å². The molecule has 6 nitrogen and oxygen atoms in total. The molecule has 0 aliphatic carbocycles. The Labute approximate surface area is 166 Å². The number of aromatic nitrogens is 3. The molecule has 2 aromatic carbocycles. The molecule has 2 aromatic heterocycles. The van der Waals surface area contributed by atoms with Gasteiger partial charge in [-0.1, -0.05) is 36.4 Å². The lowest BCUT2D eigenvalue weighted by Gasteiger charge is -2.07. The highest BCUT2D eigenvalue weighted by atomic mass is 32.1. The SMILES string of the molecule is O=C(Nc1nc(-c2ccccn2)ns1)c1ccc(NCc2ccccc2)cc1. The molecule has 138 valence electrons. The van der Waals surface area contributed by atoms with Crippen LogP contribution < -0.4 is 10.6 Å². The topological polar surface area (TPSA) is 79.8 Å². The van der Waals surface area contributed by atoms with Crippen LogP contribution in [0.25, 0.3) is 11.5 Å². The summed E-state index contributed by atoms with van der Waals surface area (Å²) in [6.45, 7) is 0.730. The lowest BCUT2D eigenvalue weighted by molar-refractivity contribution is 0.102. The van der Waals surface area contributed by atoms with E-state index in [1.54, 1.807) is 18.3 Å². The van der Waals surface area contributed by atoms with Gasteiger partial charge in [0.15, 0.2) is 5.82 Å². The molecule has 0 saturated carbocycles. The largest absolute Gasteiger partial charge is 0.381 e. The summed E-state index contributed by atoms with van der Waals surface area (Å²) in [5.41, 5.74) is 3.38. The van der Waals surface area contributed by atoms with Gasteiger partial charge in [0.05, 0.1) is 0 Å². The van der Waals surface area contributed by atoms with Crippen molar-refractivity contribution in [3.63, 3.8) is 0 Å². The summed E-state index contributed by atoms with van der Waals surface area (Å²) in [5.74, 6) is 0.277. The van der Waals surface area contributed by atoms with E-state index in [1.165, 1.54) is 5.56 Å². The van der Waals surface area contributed by atoms with Gasteiger partial charge in [0.2, 0.25) is 5.13 Å². The minimum Gasteiger partial charge on any atom is -0.381 e. The lowest BCUT2D eigenvalue weighted by atomic mass is 10.2. The monoisotopic (exact) mass is 387 g/mol. The van der Waals surface area contributed by atoms with Crippen LogP contribution in [0.4, 0.5) is 10.8 Å². The molecule has 4 aromatic rings. The highest BCUT2D eigenvalue weighted by Crippen LogP contribution is 2.20. The van der Waals surface area contributed by atoms with Crippen LogP contribution in [0.2, 0.25) is 0 Å². The number of amides is 1. The normalized spacial score (nSPS) is 10.4. The number of nitrogens with zero attached hydrogens (tertiary/aromatic N) is 3. The van der Waals surface area contributed by atoms with Crippen LogP contribution in [0.1, 0.15) is 15.9 Å². The Morgan fingerprint density at radius 3 is 2.46 bits per heavy atom. The van der Waals surface area contributed by atoms with Gasteiger partial charge in [0.25, 0.3) is 5.91 Å². The van der Waals surface area contributed by atoms with E-state index in [2.05, 4.69) is 37.1 Å². The maximum absolute atomic E-state index is 12.4. The third-order valence-corrected chi connectivity index (χ3v) is 4.66. The highest BCUT2D eigenvalue weighted by Gasteiger charge is 2.11. The maximum Gasteiger partial charge on any atom is 0.257 e. The third-order valence-electron chi connectivity index (χ3n) is 4.03. The van der Waals surface area contributed by atoms with E-state index >= 15 is 0 Å². The number of carbonyl (C=O) groups excluding carboxylic acids is 1. The van der Waals surface area contributed by atoms with Gasteiger partial charge in [-0.15, -0.1) is 0 Å². The van der Waals surface area contributed by atoms with Gasteiger partial charge >= 0.3 is 0 Å². The number of benzene rings is 2. The second-order valence-corrected chi connectivity index (χ2v) is 6.76. The first-order valence-electron chi connectivity index (χ1n) is 8.72. The molecule has 0 bridgehead atoms. The second-order valence-electron chi connectivity index (χ2n) is 6.01. The number of pyridine rings is 1. The van der Waals surface area contributed by atoms with E-state index in [-0.39, 0.29) is 5.91 Å². The van der Waals surface area contributed by atoms with Crippen LogP contribution in [0.15, 0.2) is 79.0 Å². The smallest absolute Gasteiger partial charge is 0.257 e. The van der Waals surface area contributed by atoms with Crippen molar-refractivity contribution >= 4 is 28.3 Å². The zero-order valence-electron chi connectivity index (χ0n) is 14.9. The quantitative estimate of drug-likeness (QED) is 0.510. The summed E-state index contributed by atoms with van der Waals surface area (Å²) in [6.07, 6.45) is 1.68. The van der Waals surface area contributed by atoms with Crippen LogP contribution >= 0.6 is 11.5 Å². The molecular formula is C21H17N5OS. The molecule has 7 heteroatoms. The molecule has 0 aliphatic heterocycles. The van der Waals surface area contributed by atoms with Gasteiger partial charge in [0, 0.05) is 35.5 Å². The first-order chi connectivity index (χ1) is 13.8. The van der Waals surface area contributed by atoms with E-state index in [0.29, 0.717) is 22.2 Å². The average Bonchev–Trinajstić information content (AvgIpc) is 3.22. The number of anilines is 2. The van der Waals surface area contributed by atoms with Crippen LogP contribution in [-0.2, 0) is 6.54 Å². The van der Waals surface area contributed by atoms with Crippen molar-refractivity contribution in [3.8, 4) is 11.5 Å². The number of rotatable bonds is 6. The Morgan fingerprint density at radius 2 is 1.71 bits per heavy atom. The molecule has 0 aliphatic rings. The van der Waals surface area contributed by atoms with E-state index in [9.17, 15) is 4.79 Å². The van der Waals surface area contributed by atoms with Crippen LogP contribution in [0, 0.1) is 0 Å². The molecule has 0 fully saturated rings. The van der Waals surface area contributed by atoms with E-state index in [0.717, 1.165) is 23.8 Å². The van der Waals surface area contributed by atoms with Crippen molar-refractivity contribution < 1.29 is 4.79 Å². The Hall–Kier alpha value is -3.58. The maximum atomic E-state index is 12.4. The second kappa shape index (κ2) is 8.41. The zero-order valence-corrected chi connectivity index (χ0v) is 15.7. The minimum atomic E-state index is -0.224. The Kier molecular flexibility index (Phi) is 5.35. The number of hydrogen-bond acceptors (Lipinski definition) is 6. The van der Waals surface area contributed by atoms with E-state index in [4.69, 9.17) is 0 Å². The van der Waals surface area contributed by atoms with Crippen molar-refractivity contribution in [2.45, 2.75) is 6.54 Å². The molecule has 2 heterocycles. The van der Waals surface area contributed by atoms with Gasteiger partial charge < -0.3 is 5.32 Å². The summed E-state index contributed by atoms with van der Waals surface area (Å²) >= 11 is 1.13. The van der Waals surface area contributed by atoms with Crippen molar-refractivity contribution in [2.24, 2.45) is 0 Å². The Balaban J connectivity index is 1.37. The van der Waals surface area contributed by atoms with Crippen LogP contribution in [0.3, 0.4) is 0 Å². The standard InChI is InChI=1S/C21H17N5OS/c27-20(25-21-24-19(26-28-21)18-8-4-5-13-22-18)16-9-11-17(12-10-16)23-14-15-6-2-1-3-7-15/h1-13,23H,14H2,(H,24,25,26,27). The predicted molar refractivity (Wildman–Crippen MR) is 111 cm³/mol. The molecule has 0 saturated heterocycles. The van der Waals surface area contributed by atoms with Crippen molar-refractivity contribution in [3.05, 3.63) is 90.1 Å². The van der Waals surface area contributed by atoms with Gasteiger partial charge in [-0.3, -0.25) is 15.1 Å². The summed E-state index contributed by atoms with van der Waals surface area (Å²) in [4.78, 5) is 21.0. The summed E-state index contributed by atoms with van der Waals surface area (Å²) in [7, 11) is 0. The van der Waals surface area contributed by atoms with Gasteiger partial charge in [-0.2, -0.15) is 9.36 Å². The van der Waals surface area contributed by atoms with E-state index < -0.39 is 0 Å². The lowest BCUT2D eigenvalue weighted by Crippen LogP contribution is -2.11. The fraction of sp³-hybridized carbons (Fsp3) is 0.0476. The minimum absolute atomic E-state index is 0.224. The molecule has 0 radical (unpaired) electrons. The highest BCUT2D eigenvalue weighted by molar-refractivity contribution is 7.10. The van der Waals surface area contributed by atoms with Crippen LogP contribution in [0.5, 0.6) is 0 Å². The third kappa shape index (κ3) is 4.39. The van der Waals surface area contributed by atoms with Gasteiger partial charge in [0.1, 0.15) is 5.69 Å². The molecule has 0 atom stereocenters. The summed E-state index contributed by atoms with van der Waals surface area (Å²) in [5, 5.41) is 6.56. The number of nitrogens with one attached hydrogen (secondary N) is 2. The first kappa shape index (κ1) is 17.8. The summed E-state index contributed by atoms with van der Waals surface area (Å²) in [6, 6.07) is 23.0. The van der Waals surface area contributed by atoms with E-state index in [1.807, 2.05) is 48.5 Å². The molecule has 0 unspecified atom stereocenters. The fourth-order valence-corrected chi connectivity index (χ4v) is 3.15. The number of carbonyl (C=O) groups is 1. The molecule has 2 N–H and O–H groups in total. The van der Waals surface area contributed by atoms with Crippen molar-refractivity contribution in [2.75, 3.05) is 10.6 Å². The Morgan fingerprint density at radius 1 is 0.929 bits per heavy atom. The van der Waals surface area contributed by atoms with Gasteiger partial charge in [-0.25, -0.2) is 0 Å². The summed E-state index contributed by atoms with van der Waals surface area (Å²) < 4.78 is 4.24.